The van der Waals surface area contributed by atoms with Crippen LogP contribution >= 0.6 is 11.8 Å². The number of aryl methyl sites for hydroxylation is 3. The summed E-state index contributed by atoms with van der Waals surface area (Å²) < 4.78 is 0. The van der Waals surface area contributed by atoms with Crippen LogP contribution in [-0.4, -0.2) is 35.2 Å². The molecule has 1 amide bonds. The molecule has 1 aromatic carbocycles. The molecular formula is C16H25NO2S. The van der Waals surface area contributed by atoms with E-state index in [1.54, 1.807) is 18.7 Å². The van der Waals surface area contributed by atoms with Gasteiger partial charge in [-0.1, -0.05) is 23.8 Å². The molecule has 0 fully saturated rings. The summed E-state index contributed by atoms with van der Waals surface area (Å²) in [6.45, 7) is 6.19. The van der Waals surface area contributed by atoms with Crippen molar-refractivity contribution in [3.05, 3.63) is 34.9 Å². The predicted octanol–water partition coefficient (Wildman–Crippen LogP) is 2.47. The number of benzene rings is 1. The number of hydrogen-bond acceptors (Lipinski definition) is 3. The maximum Gasteiger partial charge on any atom is 0.220 e. The summed E-state index contributed by atoms with van der Waals surface area (Å²) in [4.78, 5) is 11.8. The number of amides is 1. The van der Waals surface area contributed by atoms with Gasteiger partial charge in [-0.25, -0.2) is 0 Å². The molecule has 0 aliphatic carbocycles. The topological polar surface area (TPSA) is 49.3 Å². The second-order valence-electron chi connectivity index (χ2n) is 5.64. The molecule has 0 unspecified atom stereocenters. The van der Waals surface area contributed by atoms with E-state index in [0.717, 1.165) is 6.42 Å². The van der Waals surface area contributed by atoms with Gasteiger partial charge in [0.25, 0.3) is 0 Å². The lowest BCUT2D eigenvalue weighted by molar-refractivity contribution is -0.122. The van der Waals surface area contributed by atoms with E-state index in [2.05, 4.69) is 37.4 Å². The van der Waals surface area contributed by atoms with Gasteiger partial charge in [-0.3, -0.25) is 4.79 Å². The molecule has 0 spiro atoms. The molecule has 4 heteroatoms. The molecule has 3 nitrogen and oxygen atoms in total. The van der Waals surface area contributed by atoms with E-state index in [1.165, 1.54) is 16.7 Å². The predicted molar refractivity (Wildman–Crippen MR) is 86.3 cm³/mol. The maximum atomic E-state index is 11.8. The van der Waals surface area contributed by atoms with Gasteiger partial charge in [0.1, 0.15) is 0 Å². The Bertz CT molecular complexity index is 458. The average Bonchev–Trinajstić information content (AvgIpc) is 2.35. The third-order valence-corrected chi connectivity index (χ3v) is 4.15. The van der Waals surface area contributed by atoms with Crippen LogP contribution in [0.2, 0.25) is 0 Å². The minimum Gasteiger partial charge on any atom is -0.387 e. The van der Waals surface area contributed by atoms with E-state index in [4.69, 9.17) is 0 Å². The first kappa shape index (κ1) is 17.1. The molecule has 0 radical (unpaired) electrons. The smallest absolute Gasteiger partial charge is 0.220 e. The van der Waals surface area contributed by atoms with Crippen molar-refractivity contribution < 1.29 is 9.90 Å². The molecule has 0 aromatic heterocycles. The fraction of sp³-hybridized carbons (Fsp3) is 0.562. The quantitative estimate of drug-likeness (QED) is 0.812. The molecule has 0 saturated heterocycles. The third-order valence-electron chi connectivity index (χ3n) is 3.24. The normalized spacial score (nSPS) is 13.8. The van der Waals surface area contributed by atoms with Gasteiger partial charge in [-0.05, 0) is 44.6 Å². The second-order valence-corrected chi connectivity index (χ2v) is 6.50. The highest BCUT2D eigenvalue weighted by Crippen LogP contribution is 2.13. The van der Waals surface area contributed by atoms with Crippen LogP contribution < -0.4 is 5.32 Å². The molecule has 2 N–H and O–H groups in total. The molecule has 0 aliphatic heterocycles. The molecular weight excluding hydrogens is 270 g/mol. The Kier molecular flexibility index (Phi) is 6.56. The number of hydrogen-bond donors (Lipinski definition) is 2. The molecule has 0 aliphatic rings. The van der Waals surface area contributed by atoms with Crippen molar-refractivity contribution in [2.24, 2.45) is 0 Å². The van der Waals surface area contributed by atoms with Gasteiger partial charge < -0.3 is 10.4 Å². The Balaban J connectivity index is 2.40. The second kappa shape index (κ2) is 7.70. The first-order chi connectivity index (χ1) is 9.34. The van der Waals surface area contributed by atoms with Crippen LogP contribution in [0.4, 0.5) is 0 Å². The highest BCUT2D eigenvalue weighted by Gasteiger charge is 2.20. The Hall–Kier alpha value is -1.00. The van der Waals surface area contributed by atoms with E-state index in [9.17, 15) is 9.90 Å². The third kappa shape index (κ3) is 5.97. The zero-order valence-electron chi connectivity index (χ0n) is 12.8. The van der Waals surface area contributed by atoms with Gasteiger partial charge in [-0.2, -0.15) is 11.8 Å². The largest absolute Gasteiger partial charge is 0.387 e. The number of carbonyl (C=O) groups is 1. The number of carbonyl (C=O) groups excluding carboxylic acids is 1. The number of aliphatic hydroxyl groups is 1. The van der Waals surface area contributed by atoms with Gasteiger partial charge in [-0.15, -0.1) is 0 Å². The first-order valence-electron chi connectivity index (χ1n) is 6.88. The van der Waals surface area contributed by atoms with Gasteiger partial charge in [0.2, 0.25) is 5.91 Å². The van der Waals surface area contributed by atoms with Crippen molar-refractivity contribution in [2.45, 2.75) is 39.2 Å². The van der Waals surface area contributed by atoms with Crippen LogP contribution in [-0.2, 0) is 11.2 Å². The summed E-state index contributed by atoms with van der Waals surface area (Å²) in [6, 6.07) is 6.29. The van der Waals surface area contributed by atoms with Crippen molar-refractivity contribution in [3.63, 3.8) is 0 Å². The molecule has 0 heterocycles. The maximum absolute atomic E-state index is 11.8. The Labute approximate surface area is 126 Å². The van der Waals surface area contributed by atoms with E-state index >= 15 is 0 Å². The molecule has 0 saturated carbocycles. The van der Waals surface area contributed by atoms with Gasteiger partial charge in [0.15, 0.2) is 0 Å². The summed E-state index contributed by atoms with van der Waals surface area (Å²) in [5.74, 6) is 0.607. The average molecular weight is 295 g/mol. The number of thioether (sulfide) groups is 1. The Morgan fingerprint density at radius 1 is 1.40 bits per heavy atom. The summed E-state index contributed by atoms with van der Waals surface area (Å²) in [5, 5.41) is 12.8. The monoisotopic (exact) mass is 295 g/mol. The zero-order valence-corrected chi connectivity index (χ0v) is 13.6. The van der Waals surface area contributed by atoms with Crippen molar-refractivity contribution in [3.8, 4) is 0 Å². The molecule has 1 atom stereocenters. The van der Waals surface area contributed by atoms with Crippen LogP contribution in [0, 0.1) is 13.8 Å². The van der Waals surface area contributed by atoms with Gasteiger partial charge >= 0.3 is 0 Å². The van der Waals surface area contributed by atoms with Crippen LogP contribution in [0.3, 0.4) is 0 Å². The highest BCUT2D eigenvalue weighted by atomic mass is 32.2. The molecule has 1 rings (SSSR count). The Morgan fingerprint density at radius 2 is 2.10 bits per heavy atom. The highest BCUT2D eigenvalue weighted by molar-refractivity contribution is 7.98. The van der Waals surface area contributed by atoms with Gasteiger partial charge in [0.05, 0.1) is 5.60 Å². The molecule has 20 heavy (non-hydrogen) atoms. The lowest BCUT2D eigenvalue weighted by Gasteiger charge is -2.22. The summed E-state index contributed by atoms with van der Waals surface area (Å²) in [7, 11) is 0. The van der Waals surface area contributed by atoms with Crippen LogP contribution in [0.25, 0.3) is 0 Å². The fourth-order valence-corrected chi connectivity index (χ4v) is 2.84. The van der Waals surface area contributed by atoms with Crippen molar-refractivity contribution in [1.82, 2.24) is 5.32 Å². The zero-order chi connectivity index (χ0) is 15.2. The van der Waals surface area contributed by atoms with Crippen molar-refractivity contribution >= 4 is 17.7 Å². The minimum absolute atomic E-state index is 0.00801. The summed E-state index contributed by atoms with van der Waals surface area (Å²) in [5.41, 5.74) is 2.84. The van der Waals surface area contributed by atoms with E-state index in [0.29, 0.717) is 18.7 Å². The van der Waals surface area contributed by atoms with Gasteiger partial charge in [0, 0.05) is 18.7 Å². The van der Waals surface area contributed by atoms with Crippen molar-refractivity contribution in [2.75, 3.05) is 18.6 Å². The molecule has 0 bridgehead atoms. The summed E-state index contributed by atoms with van der Waals surface area (Å²) in [6.07, 6.45) is 3.14. The standard InChI is InChI=1S/C16H25NO2S/c1-12-5-6-14(13(2)9-12)7-8-15(18)17-10-16(3,19)11-20-4/h5-6,9,19H,7-8,10-11H2,1-4H3,(H,17,18)/t16-/m1/s1. The van der Waals surface area contributed by atoms with Crippen LogP contribution in [0.15, 0.2) is 18.2 Å². The lowest BCUT2D eigenvalue weighted by Crippen LogP contribution is -2.42. The number of rotatable bonds is 7. The number of nitrogens with one attached hydrogen (secondary N) is 1. The van der Waals surface area contributed by atoms with E-state index in [1.807, 2.05) is 6.26 Å². The molecule has 1 aromatic rings. The first-order valence-corrected chi connectivity index (χ1v) is 8.27. The minimum atomic E-state index is -0.838. The van der Waals surface area contributed by atoms with Crippen molar-refractivity contribution in [1.29, 1.82) is 0 Å². The molecule has 112 valence electrons. The fourth-order valence-electron chi connectivity index (χ4n) is 2.11. The lowest BCUT2D eigenvalue weighted by atomic mass is 10.0. The Morgan fingerprint density at radius 3 is 2.70 bits per heavy atom. The SMILES string of the molecule is CSC[C@](C)(O)CNC(=O)CCc1ccc(C)cc1C. The van der Waals surface area contributed by atoms with Crippen LogP contribution in [0.5, 0.6) is 0 Å². The van der Waals surface area contributed by atoms with E-state index in [-0.39, 0.29) is 5.91 Å². The van der Waals surface area contributed by atoms with E-state index < -0.39 is 5.60 Å². The summed E-state index contributed by atoms with van der Waals surface area (Å²) >= 11 is 1.57. The van der Waals surface area contributed by atoms with Crippen LogP contribution in [0.1, 0.15) is 30.0 Å².